The minimum Gasteiger partial charge on any atom is -0.306 e. The third-order valence-electron chi connectivity index (χ3n) is 3.74. The van der Waals surface area contributed by atoms with E-state index in [0.717, 1.165) is 5.01 Å². The van der Waals surface area contributed by atoms with Crippen molar-refractivity contribution < 1.29 is 4.79 Å². The van der Waals surface area contributed by atoms with Crippen LogP contribution >= 0.6 is 22.9 Å². The number of anilines is 2. The van der Waals surface area contributed by atoms with Crippen molar-refractivity contribution in [2.24, 2.45) is 0 Å². The van der Waals surface area contributed by atoms with E-state index in [1.807, 2.05) is 12.1 Å². The van der Waals surface area contributed by atoms with E-state index in [2.05, 4.69) is 20.8 Å². The summed E-state index contributed by atoms with van der Waals surface area (Å²) in [6.07, 6.45) is 6.14. The Morgan fingerprint density at radius 2 is 1.91 bits per heavy atom. The van der Waals surface area contributed by atoms with Gasteiger partial charge in [0, 0.05) is 5.92 Å². The van der Waals surface area contributed by atoms with Gasteiger partial charge in [0.25, 0.3) is 0 Å². The van der Waals surface area contributed by atoms with Crippen LogP contribution in [0.1, 0.15) is 43.0 Å². The van der Waals surface area contributed by atoms with Crippen molar-refractivity contribution in [2.45, 2.75) is 38.0 Å². The zero-order valence-electron chi connectivity index (χ0n) is 12.0. The predicted molar refractivity (Wildman–Crippen MR) is 89.8 cm³/mol. The number of benzene rings is 1. The molecule has 2 N–H and O–H groups in total. The number of rotatable bonds is 3. The van der Waals surface area contributed by atoms with Crippen LogP contribution in [0, 0.1) is 0 Å². The van der Waals surface area contributed by atoms with Gasteiger partial charge in [-0.1, -0.05) is 54.3 Å². The molecule has 2 aromatic rings. The molecule has 0 saturated heterocycles. The second kappa shape index (κ2) is 7.07. The summed E-state index contributed by atoms with van der Waals surface area (Å²) in [5, 5.41) is 15.7. The highest BCUT2D eigenvalue weighted by molar-refractivity contribution is 7.15. The molecule has 7 heteroatoms. The minimum atomic E-state index is -0.362. The van der Waals surface area contributed by atoms with Gasteiger partial charge in [-0.2, -0.15) is 0 Å². The van der Waals surface area contributed by atoms with E-state index in [1.54, 1.807) is 12.1 Å². The molecule has 0 atom stereocenters. The lowest BCUT2D eigenvalue weighted by molar-refractivity contribution is 0.262. The Balaban J connectivity index is 1.60. The molecule has 0 aliphatic heterocycles. The van der Waals surface area contributed by atoms with Gasteiger partial charge in [0.05, 0.1) is 10.7 Å². The largest absolute Gasteiger partial charge is 0.325 e. The van der Waals surface area contributed by atoms with E-state index in [-0.39, 0.29) is 6.03 Å². The molecule has 0 bridgehead atoms. The molecule has 1 fully saturated rings. The molecule has 1 aromatic heterocycles. The quantitative estimate of drug-likeness (QED) is 0.839. The number of aromatic nitrogens is 2. The zero-order chi connectivity index (χ0) is 15.4. The number of carbonyl (C=O) groups excluding carboxylic acids is 1. The first-order valence-corrected chi connectivity index (χ1v) is 8.58. The standard InChI is InChI=1S/C15H17ClN4OS/c16-11-8-4-5-9-12(11)17-14(21)18-15-20-19-13(22-15)10-6-2-1-3-7-10/h4-5,8-10H,1-3,6-7H2,(H2,17,18,20,21). The minimum absolute atomic E-state index is 0.362. The second-order valence-corrected chi connectivity index (χ2v) is 6.76. The molecule has 1 saturated carbocycles. The van der Waals surface area contributed by atoms with Gasteiger partial charge >= 0.3 is 6.03 Å². The normalized spacial score (nSPS) is 15.5. The number of para-hydroxylation sites is 1. The summed E-state index contributed by atoms with van der Waals surface area (Å²) in [7, 11) is 0. The molecule has 1 aliphatic carbocycles. The van der Waals surface area contributed by atoms with Gasteiger partial charge in [-0.3, -0.25) is 5.32 Å². The number of urea groups is 1. The van der Waals surface area contributed by atoms with Crippen LogP contribution in [0.3, 0.4) is 0 Å². The van der Waals surface area contributed by atoms with Gasteiger partial charge in [-0.25, -0.2) is 4.79 Å². The molecule has 0 radical (unpaired) electrons. The van der Waals surface area contributed by atoms with Crippen molar-refractivity contribution in [2.75, 3.05) is 10.6 Å². The number of nitrogens with one attached hydrogen (secondary N) is 2. The van der Waals surface area contributed by atoms with E-state index in [1.165, 1.54) is 43.4 Å². The molecular weight excluding hydrogens is 320 g/mol. The first kappa shape index (κ1) is 15.2. The second-order valence-electron chi connectivity index (χ2n) is 5.34. The monoisotopic (exact) mass is 336 g/mol. The van der Waals surface area contributed by atoms with Gasteiger partial charge in [-0.05, 0) is 25.0 Å². The lowest BCUT2D eigenvalue weighted by atomic mass is 9.90. The van der Waals surface area contributed by atoms with Crippen LogP contribution in [0.25, 0.3) is 0 Å². The maximum absolute atomic E-state index is 12.0. The van der Waals surface area contributed by atoms with Crippen LogP contribution in [-0.2, 0) is 0 Å². The molecule has 1 aliphatic rings. The summed E-state index contributed by atoms with van der Waals surface area (Å²) >= 11 is 7.46. The van der Waals surface area contributed by atoms with Gasteiger partial charge in [0.15, 0.2) is 0 Å². The lowest BCUT2D eigenvalue weighted by Crippen LogP contribution is -2.19. The zero-order valence-corrected chi connectivity index (χ0v) is 13.6. The average Bonchev–Trinajstić information content (AvgIpc) is 2.99. The predicted octanol–water partition coefficient (Wildman–Crippen LogP) is 4.88. The topological polar surface area (TPSA) is 66.9 Å². The molecule has 1 aromatic carbocycles. The third kappa shape index (κ3) is 3.75. The van der Waals surface area contributed by atoms with Crippen LogP contribution in [0.15, 0.2) is 24.3 Å². The van der Waals surface area contributed by atoms with Crippen LogP contribution < -0.4 is 10.6 Å². The SMILES string of the molecule is O=C(Nc1nnc(C2CCCCC2)s1)Nc1ccccc1Cl. The van der Waals surface area contributed by atoms with Gasteiger partial charge in [0.2, 0.25) is 5.13 Å². The Morgan fingerprint density at radius 1 is 1.14 bits per heavy atom. The summed E-state index contributed by atoms with van der Waals surface area (Å²) in [5.74, 6) is 0.494. The van der Waals surface area contributed by atoms with Crippen LogP contribution in [0.5, 0.6) is 0 Å². The van der Waals surface area contributed by atoms with E-state index < -0.39 is 0 Å². The Morgan fingerprint density at radius 3 is 2.68 bits per heavy atom. The van der Waals surface area contributed by atoms with E-state index >= 15 is 0 Å². The summed E-state index contributed by atoms with van der Waals surface area (Å²) < 4.78 is 0. The number of hydrogen-bond donors (Lipinski definition) is 2. The summed E-state index contributed by atoms with van der Waals surface area (Å²) in [6.45, 7) is 0. The van der Waals surface area contributed by atoms with Gasteiger partial charge in [-0.15, -0.1) is 10.2 Å². The van der Waals surface area contributed by atoms with Crippen molar-refractivity contribution in [1.29, 1.82) is 0 Å². The molecule has 3 rings (SSSR count). The highest BCUT2D eigenvalue weighted by Crippen LogP contribution is 2.35. The molecule has 5 nitrogen and oxygen atoms in total. The fourth-order valence-corrected chi connectivity index (χ4v) is 3.70. The third-order valence-corrected chi connectivity index (χ3v) is 5.07. The van der Waals surface area contributed by atoms with Crippen LogP contribution in [-0.4, -0.2) is 16.2 Å². The van der Waals surface area contributed by atoms with Crippen molar-refractivity contribution in [1.82, 2.24) is 10.2 Å². The van der Waals surface area contributed by atoms with Crippen molar-refractivity contribution in [3.05, 3.63) is 34.3 Å². The summed E-state index contributed by atoms with van der Waals surface area (Å²) in [5.41, 5.74) is 0.568. The Labute approximate surface area is 138 Å². The molecule has 0 unspecified atom stereocenters. The number of hydrogen-bond acceptors (Lipinski definition) is 4. The first-order valence-electron chi connectivity index (χ1n) is 7.38. The fourth-order valence-electron chi connectivity index (χ4n) is 2.61. The fraction of sp³-hybridized carbons (Fsp3) is 0.400. The maximum atomic E-state index is 12.0. The summed E-state index contributed by atoms with van der Waals surface area (Å²) in [4.78, 5) is 12.0. The molecule has 1 heterocycles. The van der Waals surface area contributed by atoms with Crippen molar-refractivity contribution >= 4 is 39.8 Å². The van der Waals surface area contributed by atoms with Gasteiger partial charge < -0.3 is 5.32 Å². The first-order chi connectivity index (χ1) is 10.7. The molecule has 22 heavy (non-hydrogen) atoms. The number of carbonyl (C=O) groups is 1. The summed E-state index contributed by atoms with van der Waals surface area (Å²) in [6, 6.07) is 6.73. The van der Waals surface area contributed by atoms with Gasteiger partial charge in [0.1, 0.15) is 5.01 Å². The molecular formula is C15H17ClN4OS. The average molecular weight is 337 g/mol. The van der Waals surface area contributed by atoms with E-state index in [4.69, 9.17) is 11.6 Å². The highest BCUT2D eigenvalue weighted by Gasteiger charge is 2.20. The Bertz CT molecular complexity index is 654. The molecule has 2 amide bonds. The Hall–Kier alpha value is -1.66. The highest BCUT2D eigenvalue weighted by atomic mass is 35.5. The molecule has 0 spiro atoms. The van der Waals surface area contributed by atoms with Crippen LogP contribution in [0.2, 0.25) is 5.02 Å². The maximum Gasteiger partial charge on any atom is 0.325 e. The number of amides is 2. The lowest BCUT2D eigenvalue weighted by Gasteiger charge is -2.18. The van der Waals surface area contributed by atoms with Crippen LogP contribution in [0.4, 0.5) is 15.6 Å². The molecule has 116 valence electrons. The van der Waals surface area contributed by atoms with E-state index in [0.29, 0.717) is 21.8 Å². The van der Waals surface area contributed by atoms with Crippen molar-refractivity contribution in [3.63, 3.8) is 0 Å². The smallest absolute Gasteiger partial charge is 0.306 e. The van der Waals surface area contributed by atoms with E-state index in [9.17, 15) is 4.79 Å². The Kier molecular flexibility index (Phi) is 4.90. The van der Waals surface area contributed by atoms with Crippen molar-refractivity contribution in [3.8, 4) is 0 Å². The number of nitrogens with zero attached hydrogens (tertiary/aromatic N) is 2. The number of halogens is 1.